The Morgan fingerprint density at radius 2 is 2.33 bits per heavy atom. The monoisotopic (exact) mass is 282 g/mol. The molecule has 1 aliphatic carbocycles. The summed E-state index contributed by atoms with van der Waals surface area (Å²) < 4.78 is 0. The third kappa shape index (κ3) is 1.95. The van der Waals surface area contributed by atoms with Crippen molar-refractivity contribution in [3.63, 3.8) is 0 Å². The van der Waals surface area contributed by atoms with Gasteiger partial charge in [-0.1, -0.05) is 18.2 Å². The van der Waals surface area contributed by atoms with E-state index in [1.165, 1.54) is 22.0 Å². The molecule has 3 nitrogen and oxygen atoms in total. The minimum atomic E-state index is 0.285. The van der Waals surface area contributed by atoms with Crippen LogP contribution in [0, 0.1) is 5.92 Å². The average molecular weight is 282 g/mol. The Bertz CT molecular complexity index is 675. The van der Waals surface area contributed by atoms with E-state index in [1.54, 1.807) is 0 Å². The summed E-state index contributed by atoms with van der Waals surface area (Å²) in [5.41, 5.74) is 4.16. The van der Waals surface area contributed by atoms with Crippen LogP contribution in [-0.4, -0.2) is 40.7 Å². The first-order valence-electron chi connectivity index (χ1n) is 7.86. The summed E-state index contributed by atoms with van der Waals surface area (Å²) >= 11 is 0. The van der Waals surface area contributed by atoms with Gasteiger partial charge in [0.2, 0.25) is 0 Å². The summed E-state index contributed by atoms with van der Waals surface area (Å²) in [5.74, 6) is 0.907. The van der Waals surface area contributed by atoms with Crippen molar-refractivity contribution in [3.05, 3.63) is 48.2 Å². The van der Waals surface area contributed by atoms with E-state index in [1.807, 2.05) is 6.08 Å². The molecule has 1 aromatic carbocycles. The molecule has 0 spiro atoms. The van der Waals surface area contributed by atoms with Gasteiger partial charge in [-0.25, -0.2) is 0 Å². The lowest BCUT2D eigenvalue weighted by molar-refractivity contribution is 0.0660. The molecule has 2 aliphatic rings. The van der Waals surface area contributed by atoms with Crippen molar-refractivity contribution >= 4 is 10.9 Å². The van der Waals surface area contributed by atoms with Crippen LogP contribution in [-0.2, 0) is 6.42 Å². The normalized spacial score (nSPS) is 28.5. The van der Waals surface area contributed by atoms with Crippen LogP contribution in [0.15, 0.2) is 37.1 Å². The summed E-state index contributed by atoms with van der Waals surface area (Å²) in [7, 11) is 0. The van der Waals surface area contributed by atoms with Crippen LogP contribution in [0.3, 0.4) is 0 Å². The third-order valence-corrected chi connectivity index (χ3v) is 5.28. The van der Waals surface area contributed by atoms with Gasteiger partial charge in [-0.15, -0.1) is 6.58 Å². The number of benzene rings is 1. The molecule has 0 saturated carbocycles. The van der Waals surface area contributed by atoms with E-state index < -0.39 is 0 Å². The molecule has 1 fully saturated rings. The van der Waals surface area contributed by atoms with Crippen molar-refractivity contribution < 1.29 is 5.11 Å². The number of fused-ring (bicyclic) bond motifs is 2. The van der Waals surface area contributed by atoms with Crippen molar-refractivity contribution in [3.8, 4) is 0 Å². The fourth-order valence-electron chi connectivity index (χ4n) is 4.41. The van der Waals surface area contributed by atoms with Gasteiger partial charge in [0.15, 0.2) is 0 Å². The van der Waals surface area contributed by atoms with Gasteiger partial charge in [0.05, 0.1) is 0 Å². The number of aliphatic hydroxyl groups is 1. The molecule has 3 heteroatoms. The third-order valence-electron chi connectivity index (χ3n) is 5.28. The predicted octanol–water partition coefficient (Wildman–Crippen LogP) is 2.68. The molecular formula is C18H22N2O. The lowest BCUT2D eigenvalue weighted by atomic mass is 9.72. The van der Waals surface area contributed by atoms with E-state index in [-0.39, 0.29) is 6.61 Å². The van der Waals surface area contributed by atoms with E-state index in [0.717, 1.165) is 25.9 Å². The number of nitrogens with zero attached hydrogens (tertiary/aromatic N) is 1. The predicted molar refractivity (Wildman–Crippen MR) is 85.5 cm³/mol. The van der Waals surface area contributed by atoms with Gasteiger partial charge in [-0.3, -0.25) is 4.90 Å². The molecule has 1 aliphatic heterocycles. The largest absolute Gasteiger partial charge is 0.396 e. The standard InChI is InChI=1S/C18H22N2O/c1-2-6-20-10-12(11-21)7-15-14-4-3-5-16-18(14)13(9-19-16)8-17(15)20/h2-5,9,12,15,17,19,21H,1,6-8,10-11H2/t12?,15-,17?/m1/s1. The van der Waals surface area contributed by atoms with Gasteiger partial charge in [0.1, 0.15) is 0 Å². The molecule has 2 aromatic rings. The fourth-order valence-corrected chi connectivity index (χ4v) is 4.41. The Hall–Kier alpha value is -1.58. The lowest BCUT2D eigenvalue weighted by Gasteiger charge is -2.46. The Morgan fingerprint density at radius 3 is 3.14 bits per heavy atom. The average Bonchev–Trinajstić information content (AvgIpc) is 2.93. The van der Waals surface area contributed by atoms with Crippen LogP contribution in [0.4, 0.5) is 0 Å². The SMILES string of the molecule is C=CCN1CC(CO)C[C@@H]2c3cccc4[nH]cc(c34)CC21. The minimum Gasteiger partial charge on any atom is -0.396 e. The van der Waals surface area contributed by atoms with E-state index in [0.29, 0.717) is 17.9 Å². The zero-order chi connectivity index (χ0) is 14.4. The Morgan fingerprint density at radius 1 is 1.43 bits per heavy atom. The van der Waals surface area contributed by atoms with Gasteiger partial charge in [0, 0.05) is 48.8 Å². The van der Waals surface area contributed by atoms with Crippen LogP contribution < -0.4 is 0 Å². The quantitative estimate of drug-likeness (QED) is 0.850. The van der Waals surface area contributed by atoms with E-state index in [2.05, 4.69) is 40.9 Å². The molecule has 0 radical (unpaired) electrons. The maximum absolute atomic E-state index is 9.66. The number of nitrogens with one attached hydrogen (secondary N) is 1. The molecule has 4 rings (SSSR count). The van der Waals surface area contributed by atoms with Gasteiger partial charge < -0.3 is 10.1 Å². The highest BCUT2D eigenvalue weighted by Gasteiger charge is 2.40. The second-order valence-corrected chi connectivity index (χ2v) is 6.49. The van der Waals surface area contributed by atoms with Gasteiger partial charge in [-0.05, 0) is 36.0 Å². The van der Waals surface area contributed by atoms with Crippen molar-refractivity contribution in [2.45, 2.75) is 24.8 Å². The minimum absolute atomic E-state index is 0.285. The number of piperidine rings is 1. The Balaban J connectivity index is 1.81. The summed E-state index contributed by atoms with van der Waals surface area (Å²) in [6.07, 6.45) is 6.37. The van der Waals surface area contributed by atoms with Gasteiger partial charge in [0.25, 0.3) is 0 Å². The molecule has 0 amide bonds. The molecule has 110 valence electrons. The number of hydrogen-bond donors (Lipinski definition) is 2. The van der Waals surface area contributed by atoms with Gasteiger partial charge in [-0.2, -0.15) is 0 Å². The van der Waals surface area contributed by atoms with Crippen LogP contribution in [0.5, 0.6) is 0 Å². The fraction of sp³-hybridized carbons (Fsp3) is 0.444. The van der Waals surface area contributed by atoms with Gasteiger partial charge >= 0.3 is 0 Å². The molecule has 21 heavy (non-hydrogen) atoms. The smallest absolute Gasteiger partial charge is 0.0471 e. The maximum atomic E-state index is 9.66. The number of aromatic nitrogens is 1. The molecule has 0 bridgehead atoms. The van der Waals surface area contributed by atoms with Crippen LogP contribution in [0.25, 0.3) is 10.9 Å². The number of aliphatic hydroxyl groups excluding tert-OH is 1. The summed E-state index contributed by atoms with van der Waals surface area (Å²) in [6, 6.07) is 7.14. The molecule has 2 unspecified atom stereocenters. The molecule has 3 atom stereocenters. The summed E-state index contributed by atoms with van der Waals surface area (Å²) in [6.45, 7) is 6.09. The zero-order valence-corrected chi connectivity index (χ0v) is 12.3. The number of hydrogen-bond acceptors (Lipinski definition) is 2. The second-order valence-electron chi connectivity index (χ2n) is 6.49. The van der Waals surface area contributed by atoms with Crippen molar-refractivity contribution in [1.29, 1.82) is 0 Å². The van der Waals surface area contributed by atoms with E-state index >= 15 is 0 Å². The van der Waals surface area contributed by atoms with E-state index in [4.69, 9.17) is 0 Å². The summed E-state index contributed by atoms with van der Waals surface area (Å²) in [4.78, 5) is 5.92. The number of rotatable bonds is 3. The van der Waals surface area contributed by atoms with Crippen molar-refractivity contribution in [1.82, 2.24) is 9.88 Å². The van der Waals surface area contributed by atoms with E-state index in [9.17, 15) is 5.11 Å². The Labute approximate surface area is 125 Å². The molecule has 1 aromatic heterocycles. The molecule has 1 saturated heterocycles. The first-order chi connectivity index (χ1) is 10.3. The maximum Gasteiger partial charge on any atom is 0.0471 e. The van der Waals surface area contributed by atoms with Crippen molar-refractivity contribution in [2.75, 3.05) is 19.7 Å². The zero-order valence-electron chi connectivity index (χ0n) is 12.3. The molecule has 2 N–H and O–H groups in total. The number of H-pyrrole nitrogens is 1. The lowest BCUT2D eigenvalue weighted by Crippen LogP contribution is -2.50. The van der Waals surface area contributed by atoms with Crippen LogP contribution >= 0.6 is 0 Å². The van der Waals surface area contributed by atoms with Crippen LogP contribution in [0.1, 0.15) is 23.5 Å². The number of aromatic amines is 1. The Kier molecular flexibility index (Phi) is 3.12. The van der Waals surface area contributed by atoms with Crippen molar-refractivity contribution in [2.24, 2.45) is 5.92 Å². The topological polar surface area (TPSA) is 39.3 Å². The first kappa shape index (κ1) is 13.1. The highest BCUT2D eigenvalue weighted by Crippen LogP contribution is 2.44. The summed E-state index contributed by atoms with van der Waals surface area (Å²) in [5, 5.41) is 11.1. The highest BCUT2D eigenvalue weighted by atomic mass is 16.3. The second kappa shape index (κ2) is 5.00. The highest BCUT2D eigenvalue weighted by molar-refractivity contribution is 5.88. The molecular weight excluding hydrogens is 260 g/mol. The van der Waals surface area contributed by atoms with Crippen LogP contribution in [0.2, 0.25) is 0 Å². The molecule has 2 heterocycles. The number of likely N-dealkylation sites (tertiary alicyclic amines) is 1. The first-order valence-corrected chi connectivity index (χ1v) is 7.86.